The van der Waals surface area contributed by atoms with Gasteiger partial charge in [-0.05, 0) is 48.9 Å². The molecule has 0 aliphatic carbocycles. The Bertz CT molecular complexity index is 1180. The van der Waals surface area contributed by atoms with E-state index in [2.05, 4.69) is 13.8 Å². The van der Waals surface area contributed by atoms with Gasteiger partial charge in [0.05, 0.1) is 6.04 Å². The van der Waals surface area contributed by atoms with Crippen LogP contribution in [0.15, 0.2) is 59.6 Å². The lowest BCUT2D eigenvalue weighted by molar-refractivity contribution is -0.134. The Morgan fingerprint density at radius 1 is 1.06 bits per heavy atom. The summed E-state index contributed by atoms with van der Waals surface area (Å²) in [5.41, 5.74) is 7.44. The van der Waals surface area contributed by atoms with Crippen molar-refractivity contribution in [2.24, 2.45) is 16.6 Å². The zero-order valence-corrected chi connectivity index (χ0v) is 21.5. The van der Waals surface area contributed by atoms with Crippen LogP contribution in [-0.4, -0.2) is 65.1 Å². The third kappa shape index (κ3) is 4.72. The van der Waals surface area contributed by atoms with Crippen molar-refractivity contribution in [3.8, 4) is 0 Å². The van der Waals surface area contributed by atoms with Crippen LogP contribution in [0.25, 0.3) is 0 Å². The predicted molar refractivity (Wildman–Crippen MR) is 139 cm³/mol. The molecule has 2 aromatic rings. The van der Waals surface area contributed by atoms with Gasteiger partial charge in [-0.3, -0.25) is 19.3 Å². The van der Waals surface area contributed by atoms with Gasteiger partial charge in [0, 0.05) is 25.7 Å². The summed E-state index contributed by atoms with van der Waals surface area (Å²) >= 11 is 0. The van der Waals surface area contributed by atoms with Crippen LogP contribution in [0.5, 0.6) is 0 Å². The normalized spacial score (nSPS) is 21.2. The number of rotatable bonds is 7. The second-order valence-corrected chi connectivity index (χ2v) is 10.1. The number of hydrogen-bond donors (Lipinski definition) is 1. The summed E-state index contributed by atoms with van der Waals surface area (Å²) in [7, 11) is 1.74. The standard InChI is InChI=1S/C28H35N5O3/c1-19(2)13-14-28(23-11-6-5-7-12-23)26(36)33(27(29)30-28)20(3)21-9-8-10-22(17-21)25(35)32-16-15-31(4)24(34)18-32/h5-12,17,19-20H,13-16,18H2,1-4H3,(H2,29,30)/t20-,28-/m1/s1. The highest BCUT2D eigenvalue weighted by Crippen LogP contribution is 2.41. The van der Waals surface area contributed by atoms with Crippen LogP contribution in [0.3, 0.4) is 0 Å². The summed E-state index contributed by atoms with van der Waals surface area (Å²) in [5, 5.41) is 0. The second-order valence-electron chi connectivity index (χ2n) is 10.1. The molecule has 0 aromatic heterocycles. The van der Waals surface area contributed by atoms with Gasteiger partial charge in [0.25, 0.3) is 11.8 Å². The molecule has 0 unspecified atom stereocenters. The van der Waals surface area contributed by atoms with Gasteiger partial charge in [-0.1, -0.05) is 56.3 Å². The minimum Gasteiger partial charge on any atom is -0.369 e. The fourth-order valence-electron chi connectivity index (χ4n) is 4.88. The van der Waals surface area contributed by atoms with Crippen molar-refractivity contribution in [1.29, 1.82) is 0 Å². The Balaban J connectivity index is 1.61. The topological polar surface area (TPSA) is 99.3 Å². The molecule has 0 saturated carbocycles. The summed E-state index contributed by atoms with van der Waals surface area (Å²) in [6.07, 6.45) is 1.39. The van der Waals surface area contributed by atoms with Crippen molar-refractivity contribution in [2.75, 3.05) is 26.7 Å². The Kier molecular flexibility index (Phi) is 7.15. The molecule has 8 heteroatoms. The maximum atomic E-state index is 14.0. The lowest BCUT2D eigenvalue weighted by atomic mass is 9.83. The van der Waals surface area contributed by atoms with Crippen molar-refractivity contribution >= 4 is 23.7 Å². The quantitative estimate of drug-likeness (QED) is 0.646. The zero-order chi connectivity index (χ0) is 26.0. The van der Waals surface area contributed by atoms with Crippen LogP contribution in [0.2, 0.25) is 0 Å². The summed E-state index contributed by atoms with van der Waals surface area (Å²) in [4.78, 5) is 48.8. The molecule has 8 nitrogen and oxygen atoms in total. The Hall–Kier alpha value is -3.68. The van der Waals surface area contributed by atoms with E-state index in [1.807, 2.05) is 43.3 Å². The smallest absolute Gasteiger partial charge is 0.262 e. The number of likely N-dealkylation sites (N-methyl/N-ethyl adjacent to an activating group) is 1. The van der Waals surface area contributed by atoms with Gasteiger partial charge in [-0.2, -0.15) is 0 Å². The van der Waals surface area contributed by atoms with E-state index in [0.717, 1.165) is 17.5 Å². The van der Waals surface area contributed by atoms with E-state index in [0.29, 0.717) is 31.0 Å². The maximum absolute atomic E-state index is 14.0. The second kappa shape index (κ2) is 10.1. The molecule has 1 saturated heterocycles. The highest BCUT2D eigenvalue weighted by molar-refractivity contribution is 6.07. The van der Waals surface area contributed by atoms with E-state index >= 15 is 0 Å². The molecular weight excluding hydrogens is 454 g/mol. The molecule has 2 N–H and O–H groups in total. The molecule has 2 aliphatic rings. The van der Waals surface area contributed by atoms with Gasteiger partial charge in [0.1, 0.15) is 6.54 Å². The van der Waals surface area contributed by atoms with E-state index in [1.165, 1.54) is 0 Å². The SMILES string of the molecule is CC(C)CC[C@]1(c2ccccc2)N=C(N)N([C@H](C)c2cccc(C(=O)N3CCN(C)C(=O)C3)c2)C1=O. The van der Waals surface area contributed by atoms with Gasteiger partial charge >= 0.3 is 0 Å². The van der Waals surface area contributed by atoms with Gasteiger partial charge < -0.3 is 15.5 Å². The molecule has 0 spiro atoms. The fourth-order valence-corrected chi connectivity index (χ4v) is 4.88. The molecule has 2 aromatic carbocycles. The monoisotopic (exact) mass is 489 g/mol. The highest BCUT2D eigenvalue weighted by Gasteiger charge is 2.50. The van der Waals surface area contributed by atoms with E-state index in [-0.39, 0.29) is 30.2 Å². The third-order valence-corrected chi connectivity index (χ3v) is 7.21. The Labute approximate surface area is 212 Å². The average Bonchev–Trinajstić information content (AvgIpc) is 3.14. The summed E-state index contributed by atoms with van der Waals surface area (Å²) in [6, 6.07) is 16.4. The number of carbonyl (C=O) groups excluding carboxylic acids is 3. The van der Waals surface area contributed by atoms with Crippen molar-refractivity contribution < 1.29 is 14.4 Å². The number of aliphatic imine (C=N–C) groups is 1. The molecule has 0 radical (unpaired) electrons. The number of hydrogen-bond acceptors (Lipinski definition) is 5. The summed E-state index contributed by atoms with van der Waals surface area (Å²) < 4.78 is 0. The minimum absolute atomic E-state index is 0.0643. The van der Waals surface area contributed by atoms with E-state index < -0.39 is 11.6 Å². The zero-order valence-electron chi connectivity index (χ0n) is 21.5. The number of benzene rings is 2. The Morgan fingerprint density at radius 2 is 1.78 bits per heavy atom. The number of nitrogens with two attached hydrogens (primary N) is 1. The van der Waals surface area contributed by atoms with E-state index in [9.17, 15) is 14.4 Å². The number of amides is 3. The molecule has 2 heterocycles. The summed E-state index contributed by atoms with van der Waals surface area (Å²) in [5.74, 6) is 0.160. The van der Waals surface area contributed by atoms with Gasteiger partial charge in [-0.25, -0.2) is 4.99 Å². The molecule has 1 fully saturated rings. The summed E-state index contributed by atoms with van der Waals surface area (Å²) in [6.45, 7) is 7.21. The molecule has 0 bridgehead atoms. The fraction of sp³-hybridized carbons (Fsp3) is 0.429. The minimum atomic E-state index is -1.06. The van der Waals surface area contributed by atoms with E-state index in [1.54, 1.807) is 39.9 Å². The molecular formula is C28H35N5O3. The van der Waals surface area contributed by atoms with Crippen LogP contribution in [0.4, 0.5) is 0 Å². The molecule has 2 atom stereocenters. The third-order valence-electron chi connectivity index (χ3n) is 7.21. The number of piperazine rings is 1. The van der Waals surface area contributed by atoms with Gasteiger partial charge in [-0.15, -0.1) is 0 Å². The number of nitrogens with zero attached hydrogens (tertiary/aromatic N) is 4. The lowest BCUT2D eigenvalue weighted by Crippen LogP contribution is -2.50. The average molecular weight is 490 g/mol. The van der Waals surface area contributed by atoms with Crippen LogP contribution in [0.1, 0.15) is 61.1 Å². The first-order valence-corrected chi connectivity index (χ1v) is 12.5. The van der Waals surface area contributed by atoms with Crippen LogP contribution in [-0.2, 0) is 15.1 Å². The molecule has 36 heavy (non-hydrogen) atoms. The number of guanidine groups is 1. The van der Waals surface area contributed by atoms with Crippen LogP contribution < -0.4 is 5.73 Å². The molecule has 190 valence electrons. The van der Waals surface area contributed by atoms with Crippen molar-refractivity contribution in [3.63, 3.8) is 0 Å². The van der Waals surface area contributed by atoms with Crippen molar-refractivity contribution in [3.05, 3.63) is 71.3 Å². The first-order chi connectivity index (χ1) is 17.1. The Morgan fingerprint density at radius 3 is 2.44 bits per heavy atom. The lowest BCUT2D eigenvalue weighted by Gasteiger charge is -2.32. The van der Waals surface area contributed by atoms with Crippen molar-refractivity contribution in [2.45, 2.75) is 45.2 Å². The van der Waals surface area contributed by atoms with Gasteiger partial charge in [0.2, 0.25) is 5.91 Å². The van der Waals surface area contributed by atoms with Crippen LogP contribution in [0, 0.1) is 5.92 Å². The number of carbonyl (C=O) groups is 3. The first-order valence-electron chi connectivity index (χ1n) is 12.5. The molecule has 3 amide bonds. The predicted octanol–water partition coefficient (Wildman–Crippen LogP) is 3.15. The van der Waals surface area contributed by atoms with E-state index in [4.69, 9.17) is 10.7 Å². The van der Waals surface area contributed by atoms with Gasteiger partial charge in [0.15, 0.2) is 11.5 Å². The largest absolute Gasteiger partial charge is 0.369 e. The highest BCUT2D eigenvalue weighted by atomic mass is 16.2. The first kappa shape index (κ1) is 25.4. The maximum Gasteiger partial charge on any atom is 0.262 e. The van der Waals surface area contributed by atoms with Crippen molar-refractivity contribution in [1.82, 2.24) is 14.7 Å². The van der Waals surface area contributed by atoms with Crippen LogP contribution >= 0.6 is 0 Å². The molecule has 2 aliphatic heterocycles. The molecule has 4 rings (SSSR count).